The van der Waals surface area contributed by atoms with Gasteiger partial charge in [-0.15, -0.1) is 24.0 Å². The number of hydrogen-bond acceptors (Lipinski definition) is 4. The molecule has 1 unspecified atom stereocenters. The van der Waals surface area contributed by atoms with E-state index in [2.05, 4.69) is 24.1 Å². The first-order valence-electron chi connectivity index (χ1n) is 8.27. The van der Waals surface area contributed by atoms with Crippen molar-refractivity contribution in [3.63, 3.8) is 0 Å². The molecule has 23 heavy (non-hydrogen) atoms. The predicted molar refractivity (Wildman–Crippen MR) is 101 cm³/mol. The average Bonchev–Trinajstić information content (AvgIpc) is 2.98. The lowest BCUT2D eigenvalue weighted by Crippen LogP contribution is -2.47. The fourth-order valence-electron chi connectivity index (χ4n) is 3.02. The second-order valence-electron chi connectivity index (χ2n) is 6.57. The molecule has 0 aliphatic carbocycles. The number of guanidine groups is 1. The van der Waals surface area contributed by atoms with Gasteiger partial charge in [0.05, 0.1) is 26.2 Å². The van der Waals surface area contributed by atoms with Gasteiger partial charge in [0, 0.05) is 31.7 Å². The third-order valence-electron chi connectivity index (χ3n) is 4.57. The van der Waals surface area contributed by atoms with Crippen molar-refractivity contribution in [2.75, 3.05) is 46.5 Å². The van der Waals surface area contributed by atoms with Crippen molar-refractivity contribution >= 4 is 35.9 Å². The van der Waals surface area contributed by atoms with E-state index in [0.717, 1.165) is 64.6 Å². The van der Waals surface area contributed by atoms with Crippen molar-refractivity contribution in [1.82, 2.24) is 10.2 Å². The number of rotatable bonds is 4. The van der Waals surface area contributed by atoms with E-state index >= 15 is 0 Å². The molecule has 2 rings (SSSR count). The van der Waals surface area contributed by atoms with Crippen LogP contribution in [-0.4, -0.2) is 63.3 Å². The van der Waals surface area contributed by atoms with Gasteiger partial charge in [-0.25, -0.2) is 0 Å². The maximum Gasteiger partial charge on any atom is 0.308 e. The Morgan fingerprint density at radius 2 is 2.13 bits per heavy atom. The topological polar surface area (TPSA) is 63.2 Å². The molecule has 2 fully saturated rings. The third-order valence-corrected chi connectivity index (χ3v) is 4.57. The summed E-state index contributed by atoms with van der Waals surface area (Å²) in [5.41, 5.74) is 0.158. The SMILES string of the molecule is CCNC(=NCC1(C)CCOC1)N1CCC(C(=O)OC)CC1.I. The van der Waals surface area contributed by atoms with Gasteiger partial charge < -0.3 is 19.7 Å². The number of nitrogens with zero attached hydrogens (tertiary/aromatic N) is 2. The number of carbonyl (C=O) groups excluding carboxylic acids is 1. The Labute approximate surface area is 156 Å². The van der Waals surface area contributed by atoms with Crippen molar-refractivity contribution in [3.05, 3.63) is 0 Å². The molecule has 0 saturated carbocycles. The van der Waals surface area contributed by atoms with Crippen LogP contribution < -0.4 is 5.32 Å². The van der Waals surface area contributed by atoms with E-state index in [1.165, 1.54) is 7.11 Å². The molecule has 2 aliphatic heterocycles. The Balaban J connectivity index is 0.00000264. The monoisotopic (exact) mass is 439 g/mol. The van der Waals surface area contributed by atoms with E-state index < -0.39 is 0 Å². The molecule has 0 spiro atoms. The fourth-order valence-corrected chi connectivity index (χ4v) is 3.02. The van der Waals surface area contributed by atoms with Gasteiger partial charge >= 0.3 is 5.97 Å². The molecule has 0 bridgehead atoms. The number of piperidine rings is 1. The zero-order valence-corrected chi connectivity index (χ0v) is 16.8. The van der Waals surface area contributed by atoms with Crippen LogP contribution in [0.3, 0.4) is 0 Å². The number of esters is 1. The Kier molecular flexibility index (Phi) is 8.60. The molecule has 0 aromatic heterocycles. The maximum absolute atomic E-state index is 11.6. The minimum absolute atomic E-state index is 0. The van der Waals surface area contributed by atoms with E-state index in [4.69, 9.17) is 14.5 Å². The molecule has 2 aliphatic rings. The Morgan fingerprint density at radius 3 is 2.65 bits per heavy atom. The van der Waals surface area contributed by atoms with Gasteiger partial charge in [-0.1, -0.05) is 6.92 Å². The number of ether oxygens (including phenoxy) is 2. The van der Waals surface area contributed by atoms with Crippen LogP contribution in [0.1, 0.15) is 33.1 Å². The number of halogens is 1. The van der Waals surface area contributed by atoms with Crippen molar-refractivity contribution in [3.8, 4) is 0 Å². The van der Waals surface area contributed by atoms with E-state index in [1.807, 2.05) is 0 Å². The van der Waals surface area contributed by atoms with E-state index in [0.29, 0.717) is 0 Å². The van der Waals surface area contributed by atoms with Crippen LogP contribution in [0, 0.1) is 11.3 Å². The molecule has 1 atom stereocenters. The number of methoxy groups -OCH3 is 1. The van der Waals surface area contributed by atoms with Crippen LogP contribution in [-0.2, 0) is 14.3 Å². The Bertz CT molecular complexity index is 403. The highest BCUT2D eigenvalue weighted by Crippen LogP contribution is 2.28. The molecule has 2 saturated heterocycles. The minimum atomic E-state index is -0.0859. The van der Waals surface area contributed by atoms with Crippen molar-refractivity contribution in [1.29, 1.82) is 0 Å². The summed E-state index contributed by atoms with van der Waals surface area (Å²) in [6.07, 6.45) is 2.73. The molecule has 0 aromatic carbocycles. The lowest BCUT2D eigenvalue weighted by Gasteiger charge is -2.33. The Hall–Kier alpha value is -0.570. The number of hydrogen-bond donors (Lipinski definition) is 1. The molecular weight excluding hydrogens is 409 g/mol. The fraction of sp³-hybridized carbons (Fsp3) is 0.875. The van der Waals surface area contributed by atoms with Gasteiger partial charge in [-0.3, -0.25) is 9.79 Å². The standard InChI is InChI=1S/C16H29N3O3.HI/c1-4-17-15(18-11-16(2)7-10-22-12-16)19-8-5-13(6-9-19)14(20)21-3;/h13H,4-12H2,1-3H3,(H,17,18);1H. The third kappa shape index (κ3) is 5.77. The highest BCUT2D eigenvalue weighted by atomic mass is 127. The molecule has 0 amide bonds. The normalized spacial score (nSPS) is 25.9. The zero-order chi connectivity index (χ0) is 16.0. The molecular formula is C16H30IN3O3. The molecule has 6 nitrogen and oxygen atoms in total. The first kappa shape index (κ1) is 20.5. The van der Waals surface area contributed by atoms with Gasteiger partial charge in [0.2, 0.25) is 0 Å². The molecule has 2 heterocycles. The largest absolute Gasteiger partial charge is 0.469 e. The quantitative estimate of drug-likeness (QED) is 0.314. The van der Waals surface area contributed by atoms with Gasteiger partial charge in [-0.2, -0.15) is 0 Å². The number of likely N-dealkylation sites (tertiary alicyclic amines) is 1. The van der Waals surface area contributed by atoms with Gasteiger partial charge in [0.15, 0.2) is 5.96 Å². The summed E-state index contributed by atoms with van der Waals surface area (Å²) >= 11 is 0. The average molecular weight is 439 g/mol. The van der Waals surface area contributed by atoms with E-state index in [1.54, 1.807) is 0 Å². The Morgan fingerprint density at radius 1 is 1.43 bits per heavy atom. The van der Waals surface area contributed by atoms with Crippen molar-refractivity contribution in [2.24, 2.45) is 16.3 Å². The van der Waals surface area contributed by atoms with Gasteiger partial charge in [0.1, 0.15) is 0 Å². The molecule has 1 N–H and O–H groups in total. The summed E-state index contributed by atoms with van der Waals surface area (Å²) in [5.74, 6) is 0.904. The predicted octanol–water partition coefficient (Wildman–Crippen LogP) is 1.88. The van der Waals surface area contributed by atoms with Crippen LogP contribution in [0.15, 0.2) is 4.99 Å². The molecule has 0 aromatic rings. The van der Waals surface area contributed by atoms with Crippen LogP contribution in [0.5, 0.6) is 0 Å². The smallest absolute Gasteiger partial charge is 0.308 e. The first-order valence-corrected chi connectivity index (χ1v) is 8.27. The van der Waals surface area contributed by atoms with Crippen molar-refractivity contribution < 1.29 is 14.3 Å². The van der Waals surface area contributed by atoms with Gasteiger partial charge in [-0.05, 0) is 26.2 Å². The number of nitrogens with one attached hydrogen (secondary N) is 1. The number of carbonyl (C=O) groups is 1. The highest BCUT2D eigenvalue weighted by molar-refractivity contribution is 14.0. The summed E-state index contributed by atoms with van der Waals surface area (Å²) in [5, 5.41) is 3.37. The highest BCUT2D eigenvalue weighted by Gasteiger charge is 2.31. The molecule has 7 heteroatoms. The second-order valence-corrected chi connectivity index (χ2v) is 6.57. The van der Waals surface area contributed by atoms with E-state index in [-0.39, 0.29) is 41.3 Å². The lowest BCUT2D eigenvalue weighted by molar-refractivity contribution is -0.146. The molecule has 0 radical (unpaired) electrons. The van der Waals surface area contributed by atoms with E-state index in [9.17, 15) is 4.79 Å². The minimum Gasteiger partial charge on any atom is -0.469 e. The number of aliphatic imine (C=N–C) groups is 1. The lowest BCUT2D eigenvalue weighted by atomic mass is 9.90. The summed E-state index contributed by atoms with van der Waals surface area (Å²) < 4.78 is 10.3. The van der Waals surface area contributed by atoms with Gasteiger partial charge in [0.25, 0.3) is 0 Å². The molecule has 134 valence electrons. The van der Waals surface area contributed by atoms with Crippen LogP contribution in [0.2, 0.25) is 0 Å². The second kappa shape index (κ2) is 9.66. The maximum atomic E-state index is 11.6. The first-order chi connectivity index (χ1) is 10.6. The summed E-state index contributed by atoms with van der Waals surface area (Å²) in [6.45, 7) is 9.27. The summed E-state index contributed by atoms with van der Waals surface area (Å²) in [6, 6.07) is 0. The van der Waals surface area contributed by atoms with Crippen LogP contribution in [0.4, 0.5) is 0 Å². The summed E-state index contributed by atoms with van der Waals surface area (Å²) in [4.78, 5) is 18.7. The van der Waals surface area contributed by atoms with Crippen LogP contribution >= 0.6 is 24.0 Å². The van der Waals surface area contributed by atoms with Crippen LogP contribution in [0.25, 0.3) is 0 Å². The summed E-state index contributed by atoms with van der Waals surface area (Å²) in [7, 11) is 1.46. The zero-order valence-electron chi connectivity index (χ0n) is 14.5. The van der Waals surface area contributed by atoms with Crippen molar-refractivity contribution in [2.45, 2.75) is 33.1 Å².